The number of rotatable bonds is 4. The van der Waals surface area contributed by atoms with Crippen molar-refractivity contribution in [1.29, 1.82) is 0 Å². The number of nitrogens with one attached hydrogen (secondary N) is 1. The Kier molecular flexibility index (Phi) is 4.57. The molecule has 1 saturated carbocycles. The third-order valence-electron chi connectivity index (χ3n) is 4.06. The van der Waals surface area contributed by atoms with Gasteiger partial charge in [0.25, 0.3) is 0 Å². The van der Waals surface area contributed by atoms with Crippen LogP contribution in [0.15, 0.2) is 30.3 Å². The predicted octanol–water partition coefficient (Wildman–Crippen LogP) is 2.89. The lowest BCUT2D eigenvalue weighted by atomic mass is 9.77. The molecule has 1 aromatic carbocycles. The number of hydrogen-bond donors (Lipinski definition) is 2. The van der Waals surface area contributed by atoms with Crippen LogP contribution in [-0.4, -0.2) is 6.04 Å². The highest BCUT2D eigenvalue weighted by molar-refractivity contribution is 5.16. The van der Waals surface area contributed by atoms with Crippen LogP contribution < -0.4 is 11.3 Å². The second-order valence-electron chi connectivity index (χ2n) is 5.49. The molecule has 94 valence electrons. The van der Waals surface area contributed by atoms with Crippen LogP contribution in [0.1, 0.15) is 38.2 Å². The molecule has 0 heterocycles. The second-order valence-corrected chi connectivity index (χ2v) is 5.49. The Morgan fingerprint density at radius 2 is 2.06 bits per heavy atom. The van der Waals surface area contributed by atoms with Crippen molar-refractivity contribution in [3.63, 3.8) is 0 Å². The van der Waals surface area contributed by atoms with Gasteiger partial charge in [0.2, 0.25) is 0 Å². The van der Waals surface area contributed by atoms with Gasteiger partial charge in [-0.3, -0.25) is 11.3 Å². The molecule has 0 radical (unpaired) electrons. The van der Waals surface area contributed by atoms with Gasteiger partial charge in [0.05, 0.1) is 0 Å². The van der Waals surface area contributed by atoms with E-state index in [0.29, 0.717) is 6.04 Å². The van der Waals surface area contributed by atoms with Crippen LogP contribution in [0.3, 0.4) is 0 Å². The average Bonchev–Trinajstić information content (AvgIpc) is 2.37. The van der Waals surface area contributed by atoms with E-state index in [2.05, 4.69) is 42.7 Å². The number of benzene rings is 1. The molecule has 3 unspecified atom stereocenters. The van der Waals surface area contributed by atoms with E-state index in [-0.39, 0.29) is 0 Å². The molecule has 1 aromatic rings. The van der Waals surface area contributed by atoms with E-state index in [0.717, 1.165) is 18.3 Å². The van der Waals surface area contributed by atoms with Crippen molar-refractivity contribution in [3.8, 4) is 0 Å². The fourth-order valence-corrected chi connectivity index (χ4v) is 3.08. The molecule has 2 rings (SSSR count). The molecular formula is C15H24N2. The first-order valence-corrected chi connectivity index (χ1v) is 6.79. The monoisotopic (exact) mass is 232 g/mol. The van der Waals surface area contributed by atoms with Crippen LogP contribution in [0.4, 0.5) is 0 Å². The molecule has 0 bridgehead atoms. The van der Waals surface area contributed by atoms with Gasteiger partial charge in [-0.1, -0.05) is 50.1 Å². The van der Waals surface area contributed by atoms with Gasteiger partial charge in [0.15, 0.2) is 0 Å². The molecule has 0 aromatic heterocycles. The van der Waals surface area contributed by atoms with Gasteiger partial charge >= 0.3 is 0 Å². The van der Waals surface area contributed by atoms with Gasteiger partial charge < -0.3 is 0 Å². The molecule has 2 heteroatoms. The predicted molar refractivity (Wildman–Crippen MR) is 72.4 cm³/mol. The quantitative estimate of drug-likeness (QED) is 0.619. The summed E-state index contributed by atoms with van der Waals surface area (Å²) in [7, 11) is 0. The first-order chi connectivity index (χ1) is 8.29. The summed E-state index contributed by atoms with van der Waals surface area (Å²) in [5, 5.41) is 0. The number of hydrogen-bond acceptors (Lipinski definition) is 2. The van der Waals surface area contributed by atoms with E-state index >= 15 is 0 Å². The number of nitrogens with two attached hydrogens (primary N) is 1. The van der Waals surface area contributed by atoms with E-state index < -0.39 is 0 Å². The maximum Gasteiger partial charge on any atom is 0.0279 e. The van der Waals surface area contributed by atoms with Gasteiger partial charge in [0.1, 0.15) is 0 Å². The van der Waals surface area contributed by atoms with Crippen LogP contribution in [0.25, 0.3) is 0 Å². The lowest BCUT2D eigenvalue weighted by molar-refractivity contribution is 0.222. The smallest absolute Gasteiger partial charge is 0.0279 e. The highest BCUT2D eigenvalue weighted by Gasteiger charge is 2.25. The fourth-order valence-electron chi connectivity index (χ4n) is 3.08. The Labute approximate surface area is 105 Å². The van der Waals surface area contributed by atoms with Gasteiger partial charge in [-0.15, -0.1) is 0 Å². The van der Waals surface area contributed by atoms with Crippen molar-refractivity contribution >= 4 is 0 Å². The van der Waals surface area contributed by atoms with E-state index in [4.69, 9.17) is 5.84 Å². The first-order valence-electron chi connectivity index (χ1n) is 6.79. The molecule has 1 fully saturated rings. The van der Waals surface area contributed by atoms with E-state index in [1.807, 2.05) is 0 Å². The zero-order valence-electron chi connectivity index (χ0n) is 10.7. The summed E-state index contributed by atoms with van der Waals surface area (Å²) in [4.78, 5) is 0. The SMILES string of the molecule is CC1CCCC(C(Cc2ccccc2)NN)C1. The minimum atomic E-state index is 0.431. The minimum absolute atomic E-state index is 0.431. The van der Waals surface area contributed by atoms with Gasteiger partial charge in [0, 0.05) is 6.04 Å². The highest BCUT2D eigenvalue weighted by atomic mass is 15.2. The minimum Gasteiger partial charge on any atom is -0.271 e. The Balaban J connectivity index is 1.96. The third-order valence-corrected chi connectivity index (χ3v) is 4.06. The average molecular weight is 232 g/mol. The molecule has 1 aliphatic carbocycles. The highest BCUT2D eigenvalue weighted by Crippen LogP contribution is 2.31. The summed E-state index contributed by atoms with van der Waals surface area (Å²) < 4.78 is 0. The largest absolute Gasteiger partial charge is 0.271 e. The Bertz CT molecular complexity index is 323. The summed E-state index contributed by atoms with van der Waals surface area (Å²) in [6.45, 7) is 2.36. The normalized spacial score (nSPS) is 26.7. The molecule has 3 atom stereocenters. The maximum atomic E-state index is 5.75. The Morgan fingerprint density at radius 1 is 1.29 bits per heavy atom. The molecule has 0 spiro atoms. The van der Waals surface area contributed by atoms with Crippen LogP contribution in [0, 0.1) is 11.8 Å². The Morgan fingerprint density at radius 3 is 2.71 bits per heavy atom. The Hall–Kier alpha value is -0.860. The van der Waals surface area contributed by atoms with E-state index in [1.54, 1.807) is 0 Å². The zero-order chi connectivity index (χ0) is 12.1. The van der Waals surface area contributed by atoms with Crippen molar-refractivity contribution in [1.82, 2.24) is 5.43 Å². The molecule has 0 aliphatic heterocycles. The maximum absolute atomic E-state index is 5.75. The lowest BCUT2D eigenvalue weighted by Crippen LogP contribution is -2.43. The van der Waals surface area contributed by atoms with Crippen molar-refractivity contribution in [2.75, 3.05) is 0 Å². The van der Waals surface area contributed by atoms with Crippen molar-refractivity contribution in [3.05, 3.63) is 35.9 Å². The van der Waals surface area contributed by atoms with Crippen LogP contribution in [0.5, 0.6) is 0 Å². The first kappa shape index (κ1) is 12.6. The molecule has 17 heavy (non-hydrogen) atoms. The molecule has 0 saturated heterocycles. The van der Waals surface area contributed by atoms with Crippen LogP contribution >= 0.6 is 0 Å². The van der Waals surface area contributed by atoms with Crippen molar-refractivity contribution in [2.24, 2.45) is 17.7 Å². The van der Waals surface area contributed by atoms with Gasteiger partial charge in [-0.05, 0) is 36.7 Å². The topological polar surface area (TPSA) is 38.0 Å². The van der Waals surface area contributed by atoms with E-state index in [1.165, 1.54) is 31.2 Å². The molecule has 3 N–H and O–H groups in total. The summed E-state index contributed by atoms with van der Waals surface area (Å²) in [5.41, 5.74) is 4.42. The zero-order valence-corrected chi connectivity index (χ0v) is 10.7. The summed E-state index contributed by atoms with van der Waals surface area (Å²) in [5.74, 6) is 7.35. The van der Waals surface area contributed by atoms with Crippen molar-refractivity contribution < 1.29 is 0 Å². The lowest BCUT2D eigenvalue weighted by Gasteiger charge is -2.33. The molecule has 0 amide bonds. The summed E-state index contributed by atoms with van der Waals surface area (Å²) in [6.07, 6.45) is 6.44. The van der Waals surface area contributed by atoms with Gasteiger partial charge in [-0.25, -0.2) is 0 Å². The van der Waals surface area contributed by atoms with Crippen molar-refractivity contribution in [2.45, 2.75) is 45.1 Å². The summed E-state index contributed by atoms with van der Waals surface area (Å²) in [6, 6.07) is 11.1. The van der Waals surface area contributed by atoms with Gasteiger partial charge in [-0.2, -0.15) is 0 Å². The van der Waals surface area contributed by atoms with Crippen LogP contribution in [0.2, 0.25) is 0 Å². The van der Waals surface area contributed by atoms with Crippen LogP contribution in [-0.2, 0) is 6.42 Å². The number of hydrazine groups is 1. The molecule has 2 nitrogen and oxygen atoms in total. The molecule has 1 aliphatic rings. The third kappa shape index (κ3) is 3.55. The fraction of sp³-hybridized carbons (Fsp3) is 0.600. The van der Waals surface area contributed by atoms with E-state index in [9.17, 15) is 0 Å². The summed E-state index contributed by atoms with van der Waals surface area (Å²) >= 11 is 0. The standard InChI is InChI=1S/C15H24N2/c1-12-6-5-9-14(10-12)15(17-16)11-13-7-3-2-4-8-13/h2-4,7-8,12,14-15,17H,5-6,9-11,16H2,1H3. The molecular weight excluding hydrogens is 208 g/mol. The second kappa shape index (κ2) is 6.18.